The second-order valence-corrected chi connectivity index (χ2v) is 5.36. The zero-order valence-electron chi connectivity index (χ0n) is 12.4. The normalized spacial score (nSPS) is 10.3. The third-order valence-corrected chi connectivity index (χ3v) is 3.60. The Hall–Kier alpha value is -2.45. The Bertz CT molecular complexity index is 842. The quantitative estimate of drug-likeness (QED) is 0.761. The van der Waals surface area contributed by atoms with Gasteiger partial charge in [-0.15, -0.1) is 0 Å². The Morgan fingerprint density at radius 1 is 1.12 bits per heavy atom. The van der Waals surface area contributed by atoms with E-state index in [9.17, 15) is 22.8 Å². The number of anilines is 1. The molecule has 0 aromatic heterocycles. The number of hydrogen-bond acceptors (Lipinski definition) is 3. The van der Waals surface area contributed by atoms with Gasteiger partial charge in [0.2, 0.25) is 0 Å². The number of benzene rings is 2. The van der Waals surface area contributed by atoms with Gasteiger partial charge in [-0.05, 0) is 18.2 Å². The fraction of sp³-hybridized carbons (Fsp3) is 0.0667. The predicted octanol–water partition coefficient (Wildman–Crippen LogP) is 4.38. The predicted molar refractivity (Wildman–Crippen MR) is 85.8 cm³/mol. The first-order valence-corrected chi connectivity index (χ1v) is 7.29. The molecule has 0 saturated heterocycles. The highest BCUT2D eigenvalue weighted by Gasteiger charge is 2.22. The molecule has 5 nitrogen and oxygen atoms in total. The lowest BCUT2D eigenvalue weighted by Crippen LogP contribution is -2.35. The van der Waals surface area contributed by atoms with E-state index in [0.29, 0.717) is 0 Å². The van der Waals surface area contributed by atoms with Crippen LogP contribution in [0.3, 0.4) is 0 Å². The molecule has 2 aromatic rings. The SMILES string of the molecule is COc1c(Cl)cc(NC(=O)NC(=O)c2c(F)cccc2F)c(F)c1Cl. The molecule has 0 saturated carbocycles. The van der Waals surface area contributed by atoms with E-state index in [4.69, 9.17) is 27.9 Å². The summed E-state index contributed by atoms with van der Waals surface area (Å²) in [6.07, 6.45) is 0. The molecule has 0 aliphatic carbocycles. The number of imide groups is 1. The Balaban J connectivity index is 2.20. The molecule has 132 valence electrons. The summed E-state index contributed by atoms with van der Waals surface area (Å²) in [4.78, 5) is 23.6. The summed E-state index contributed by atoms with van der Waals surface area (Å²) in [5.74, 6) is -4.88. The molecule has 2 N–H and O–H groups in total. The minimum Gasteiger partial charge on any atom is -0.494 e. The smallest absolute Gasteiger partial charge is 0.326 e. The molecule has 2 aromatic carbocycles. The highest BCUT2D eigenvalue weighted by Crippen LogP contribution is 2.38. The number of rotatable bonds is 3. The fourth-order valence-corrected chi connectivity index (χ4v) is 2.50. The molecule has 0 aliphatic rings. The molecule has 0 aliphatic heterocycles. The topological polar surface area (TPSA) is 67.4 Å². The lowest BCUT2D eigenvalue weighted by molar-refractivity contribution is 0.0959. The van der Waals surface area contributed by atoms with E-state index in [1.165, 1.54) is 7.11 Å². The third-order valence-electron chi connectivity index (χ3n) is 2.99. The maximum absolute atomic E-state index is 14.1. The minimum atomic E-state index is -1.35. The minimum absolute atomic E-state index is 0.101. The van der Waals surface area contributed by atoms with Crippen molar-refractivity contribution in [1.82, 2.24) is 5.32 Å². The van der Waals surface area contributed by atoms with Crippen LogP contribution in [-0.4, -0.2) is 19.0 Å². The molecule has 0 spiro atoms. The highest BCUT2D eigenvalue weighted by molar-refractivity contribution is 6.37. The number of carbonyl (C=O) groups is 2. The van der Waals surface area contributed by atoms with Crippen molar-refractivity contribution in [2.24, 2.45) is 0 Å². The lowest BCUT2D eigenvalue weighted by Gasteiger charge is -2.12. The largest absolute Gasteiger partial charge is 0.494 e. The first-order valence-electron chi connectivity index (χ1n) is 6.54. The number of methoxy groups -OCH3 is 1. The van der Waals surface area contributed by atoms with Crippen LogP contribution in [0.5, 0.6) is 5.75 Å². The monoisotopic (exact) mass is 392 g/mol. The Kier molecular flexibility index (Phi) is 5.76. The first-order chi connectivity index (χ1) is 11.8. The summed E-state index contributed by atoms with van der Waals surface area (Å²) >= 11 is 11.5. The van der Waals surface area contributed by atoms with E-state index < -0.39 is 45.7 Å². The van der Waals surface area contributed by atoms with Crippen molar-refractivity contribution in [1.29, 1.82) is 0 Å². The second-order valence-electron chi connectivity index (χ2n) is 4.57. The number of ether oxygens (including phenoxy) is 1. The maximum atomic E-state index is 14.1. The van der Waals surface area contributed by atoms with E-state index in [2.05, 4.69) is 0 Å². The maximum Gasteiger partial charge on any atom is 0.326 e. The van der Waals surface area contributed by atoms with Gasteiger partial charge < -0.3 is 10.1 Å². The number of nitrogens with one attached hydrogen (secondary N) is 2. The average molecular weight is 393 g/mol. The number of hydrogen-bond donors (Lipinski definition) is 2. The van der Waals surface area contributed by atoms with Crippen molar-refractivity contribution in [2.75, 3.05) is 12.4 Å². The fourth-order valence-electron chi connectivity index (χ4n) is 1.89. The summed E-state index contributed by atoms with van der Waals surface area (Å²) in [5.41, 5.74) is -1.42. The summed E-state index contributed by atoms with van der Waals surface area (Å²) in [6, 6.07) is 2.49. The molecule has 0 fully saturated rings. The summed E-state index contributed by atoms with van der Waals surface area (Å²) < 4.78 is 45.8. The van der Waals surface area contributed by atoms with Crippen LogP contribution in [0.1, 0.15) is 10.4 Å². The van der Waals surface area contributed by atoms with Crippen molar-refractivity contribution in [2.45, 2.75) is 0 Å². The second kappa shape index (κ2) is 7.62. The van der Waals surface area contributed by atoms with E-state index >= 15 is 0 Å². The first kappa shape index (κ1) is 18.9. The zero-order valence-corrected chi connectivity index (χ0v) is 13.9. The van der Waals surface area contributed by atoms with Gasteiger partial charge in [0.05, 0.1) is 17.8 Å². The van der Waals surface area contributed by atoms with Gasteiger partial charge in [0, 0.05) is 0 Å². The third kappa shape index (κ3) is 3.97. The van der Waals surface area contributed by atoms with Crippen molar-refractivity contribution in [3.8, 4) is 5.75 Å². The van der Waals surface area contributed by atoms with Crippen LogP contribution in [-0.2, 0) is 0 Å². The molecule has 25 heavy (non-hydrogen) atoms. The van der Waals surface area contributed by atoms with Gasteiger partial charge in [-0.25, -0.2) is 18.0 Å². The number of halogens is 5. The summed E-state index contributed by atoms with van der Waals surface area (Å²) in [7, 11) is 1.22. The highest BCUT2D eigenvalue weighted by atomic mass is 35.5. The van der Waals surface area contributed by atoms with Gasteiger partial charge in [0.1, 0.15) is 22.2 Å². The van der Waals surface area contributed by atoms with E-state index in [1.54, 1.807) is 5.32 Å². The summed E-state index contributed by atoms with van der Waals surface area (Å²) in [5, 5.41) is 3.05. The van der Waals surface area contributed by atoms with Crippen molar-refractivity contribution in [3.05, 3.63) is 57.3 Å². The Labute approximate surface area is 149 Å². The molecule has 10 heteroatoms. The van der Waals surface area contributed by atoms with Crippen LogP contribution < -0.4 is 15.4 Å². The van der Waals surface area contributed by atoms with Gasteiger partial charge in [-0.2, -0.15) is 0 Å². The van der Waals surface area contributed by atoms with Gasteiger partial charge in [0.25, 0.3) is 5.91 Å². The lowest BCUT2D eigenvalue weighted by atomic mass is 10.2. The van der Waals surface area contributed by atoms with Gasteiger partial charge in [-0.3, -0.25) is 10.1 Å². The molecule has 0 heterocycles. The van der Waals surface area contributed by atoms with Crippen molar-refractivity contribution < 1.29 is 27.5 Å². The molecule has 2 rings (SSSR count). The zero-order chi connectivity index (χ0) is 18.7. The molecule has 0 radical (unpaired) electrons. The van der Waals surface area contributed by atoms with Crippen molar-refractivity contribution >= 4 is 40.8 Å². The van der Waals surface area contributed by atoms with Crippen LogP contribution in [0.25, 0.3) is 0 Å². The number of amides is 3. The Morgan fingerprint density at radius 3 is 2.28 bits per heavy atom. The molecule has 3 amide bonds. The molecular formula is C15H9Cl2F3N2O3. The molecule has 0 bridgehead atoms. The van der Waals surface area contributed by atoms with Crippen LogP contribution in [0.2, 0.25) is 10.0 Å². The van der Waals surface area contributed by atoms with E-state index in [-0.39, 0.29) is 10.8 Å². The average Bonchev–Trinajstić information content (AvgIpc) is 2.52. The molecule has 0 unspecified atom stereocenters. The van der Waals surface area contributed by atoms with Gasteiger partial charge in [0.15, 0.2) is 11.6 Å². The Morgan fingerprint density at radius 2 is 1.72 bits per heavy atom. The number of carbonyl (C=O) groups excluding carboxylic acids is 2. The van der Waals surface area contributed by atoms with E-state index in [0.717, 1.165) is 24.3 Å². The number of urea groups is 1. The summed E-state index contributed by atoms with van der Waals surface area (Å²) in [6.45, 7) is 0. The van der Waals surface area contributed by atoms with E-state index in [1.807, 2.05) is 5.32 Å². The molecule has 0 atom stereocenters. The van der Waals surface area contributed by atoms with Crippen LogP contribution in [0.4, 0.5) is 23.7 Å². The standard InChI is InChI=1S/C15H9Cl2F3N2O3/c1-25-13-6(16)5-9(12(20)11(13)17)21-15(24)22-14(23)10-7(18)3-2-4-8(10)19/h2-5H,1H3,(H2,21,22,23,24). The van der Waals surface area contributed by atoms with Crippen molar-refractivity contribution in [3.63, 3.8) is 0 Å². The molecular weight excluding hydrogens is 384 g/mol. The van der Waals surface area contributed by atoms with Gasteiger partial charge >= 0.3 is 6.03 Å². The van der Waals surface area contributed by atoms with Crippen LogP contribution in [0.15, 0.2) is 24.3 Å². The van der Waals surface area contributed by atoms with Crippen LogP contribution >= 0.6 is 23.2 Å². The van der Waals surface area contributed by atoms with Gasteiger partial charge in [-0.1, -0.05) is 29.3 Å². The van der Waals surface area contributed by atoms with Crippen LogP contribution in [0, 0.1) is 17.5 Å².